The molecule has 3 heteroatoms. The first-order valence-corrected chi connectivity index (χ1v) is 5.18. The van der Waals surface area contributed by atoms with Crippen LogP contribution < -0.4 is 5.32 Å². The van der Waals surface area contributed by atoms with Crippen molar-refractivity contribution in [2.24, 2.45) is 0 Å². The van der Waals surface area contributed by atoms with Gasteiger partial charge in [-0.05, 0) is 34.5 Å². The molecule has 0 bridgehead atoms. The van der Waals surface area contributed by atoms with Crippen molar-refractivity contribution in [1.82, 2.24) is 5.32 Å². The molecule has 1 rings (SSSR count). The molecule has 0 radical (unpaired) electrons. The fraction of sp³-hybridized carbons (Fsp3) is 0.273. The number of rotatable bonds is 4. The van der Waals surface area contributed by atoms with Crippen LogP contribution in [0.25, 0.3) is 0 Å². The molecule has 0 saturated carbocycles. The molecule has 0 heterocycles. The molecule has 0 aliphatic rings. The minimum atomic E-state index is -0.223. The predicted molar refractivity (Wildman–Crippen MR) is 60.6 cm³/mol. The van der Waals surface area contributed by atoms with Crippen LogP contribution in [-0.4, -0.2) is 6.54 Å². The van der Waals surface area contributed by atoms with Crippen molar-refractivity contribution in [2.45, 2.75) is 13.5 Å². The summed E-state index contributed by atoms with van der Waals surface area (Å²) in [6.45, 7) is 7.13. The van der Waals surface area contributed by atoms with Gasteiger partial charge < -0.3 is 5.32 Å². The Morgan fingerprint density at radius 3 is 2.93 bits per heavy atom. The van der Waals surface area contributed by atoms with Gasteiger partial charge in [0.2, 0.25) is 0 Å². The molecule has 0 atom stereocenters. The minimum Gasteiger partial charge on any atom is -0.309 e. The Balaban J connectivity index is 2.59. The number of hydrogen-bond acceptors (Lipinski definition) is 1. The second-order valence-corrected chi connectivity index (χ2v) is 4.07. The van der Waals surface area contributed by atoms with Gasteiger partial charge in [0.15, 0.2) is 0 Å². The standard InChI is InChI=1S/C11H13BrFN/c1-8(2)6-14-7-9-4-3-5-10(13)11(9)12/h3-5,14H,1,6-7H2,2H3. The van der Waals surface area contributed by atoms with Crippen molar-refractivity contribution in [2.75, 3.05) is 6.54 Å². The van der Waals surface area contributed by atoms with Gasteiger partial charge in [-0.3, -0.25) is 0 Å². The number of halogens is 2. The van der Waals surface area contributed by atoms with Gasteiger partial charge in [-0.2, -0.15) is 0 Å². The molecule has 14 heavy (non-hydrogen) atoms. The summed E-state index contributed by atoms with van der Waals surface area (Å²) in [5.74, 6) is -0.223. The van der Waals surface area contributed by atoms with Gasteiger partial charge in [0.25, 0.3) is 0 Å². The Labute approximate surface area is 92.1 Å². The van der Waals surface area contributed by atoms with E-state index in [0.29, 0.717) is 11.0 Å². The van der Waals surface area contributed by atoms with Crippen molar-refractivity contribution < 1.29 is 4.39 Å². The number of benzene rings is 1. The Morgan fingerprint density at radius 2 is 2.29 bits per heavy atom. The first kappa shape index (κ1) is 11.4. The maximum atomic E-state index is 13.1. The first-order valence-electron chi connectivity index (χ1n) is 4.39. The third-order valence-corrected chi connectivity index (χ3v) is 2.66. The highest BCUT2D eigenvalue weighted by molar-refractivity contribution is 9.10. The van der Waals surface area contributed by atoms with Gasteiger partial charge in [0.1, 0.15) is 5.82 Å². The zero-order chi connectivity index (χ0) is 10.6. The summed E-state index contributed by atoms with van der Waals surface area (Å²) in [7, 11) is 0. The second-order valence-electron chi connectivity index (χ2n) is 3.27. The molecule has 0 fully saturated rings. The fourth-order valence-electron chi connectivity index (χ4n) is 1.10. The molecule has 0 unspecified atom stereocenters. The van der Waals surface area contributed by atoms with Crippen molar-refractivity contribution in [3.05, 3.63) is 46.2 Å². The van der Waals surface area contributed by atoms with Crippen LogP contribution in [0, 0.1) is 5.82 Å². The maximum absolute atomic E-state index is 13.1. The molecular weight excluding hydrogens is 245 g/mol. The van der Waals surface area contributed by atoms with Crippen molar-refractivity contribution in [3.63, 3.8) is 0 Å². The van der Waals surface area contributed by atoms with E-state index in [4.69, 9.17) is 0 Å². The van der Waals surface area contributed by atoms with E-state index in [0.717, 1.165) is 17.7 Å². The number of nitrogens with one attached hydrogen (secondary N) is 1. The molecule has 0 aliphatic heterocycles. The summed E-state index contributed by atoms with van der Waals surface area (Å²) in [5.41, 5.74) is 1.99. The lowest BCUT2D eigenvalue weighted by Gasteiger charge is -2.06. The maximum Gasteiger partial charge on any atom is 0.137 e. The zero-order valence-corrected chi connectivity index (χ0v) is 9.70. The molecule has 0 amide bonds. The smallest absolute Gasteiger partial charge is 0.137 e. The molecule has 0 spiro atoms. The molecule has 0 saturated heterocycles. The quantitative estimate of drug-likeness (QED) is 0.817. The predicted octanol–water partition coefficient (Wildman–Crippen LogP) is 3.25. The van der Waals surface area contributed by atoms with E-state index in [9.17, 15) is 4.39 Å². The van der Waals surface area contributed by atoms with Crippen LogP contribution in [0.4, 0.5) is 4.39 Å². The average Bonchev–Trinajstić information content (AvgIpc) is 2.12. The van der Waals surface area contributed by atoms with Gasteiger partial charge in [-0.25, -0.2) is 4.39 Å². The van der Waals surface area contributed by atoms with Crippen LogP contribution in [-0.2, 0) is 6.54 Å². The monoisotopic (exact) mass is 257 g/mol. The van der Waals surface area contributed by atoms with Crippen LogP contribution in [0.2, 0.25) is 0 Å². The summed E-state index contributed by atoms with van der Waals surface area (Å²) >= 11 is 3.21. The topological polar surface area (TPSA) is 12.0 Å². The van der Waals surface area contributed by atoms with E-state index in [-0.39, 0.29) is 5.82 Å². The largest absolute Gasteiger partial charge is 0.309 e. The lowest BCUT2D eigenvalue weighted by Crippen LogP contribution is -2.15. The molecule has 1 aromatic rings. The molecular formula is C11H13BrFN. The number of hydrogen-bond donors (Lipinski definition) is 1. The molecule has 1 N–H and O–H groups in total. The van der Waals surface area contributed by atoms with Gasteiger partial charge in [-0.1, -0.05) is 24.3 Å². The van der Waals surface area contributed by atoms with E-state index < -0.39 is 0 Å². The van der Waals surface area contributed by atoms with E-state index >= 15 is 0 Å². The highest BCUT2D eigenvalue weighted by atomic mass is 79.9. The van der Waals surface area contributed by atoms with Crippen molar-refractivity contribution in [3.8, 4) is 0 Å². The minimum absolute atomic E-state index is 0.223. The Bertz CT molecular complexity index is 336. The normalized spacial score (nSPS) is 10.2. The van der Waals surface area contributed by atoms with Gasteiger partial charge in [0.05, 0.1) is 4.47 Å². The van der Waals surface area contributed by atoms with Crippen LogP contribution >= 0.6 is 15.9 Å². The summed E-state index contributed by atoms with van der Waals surface area (Å²) in [4.78, 5) is 0. The van der Waals surface area contributed by atoms with Crippen molar-refractivity contribution >= 4 is 15.9 Å². The summed E-state index contributed by atoms with van der Waals surface area (Å²) in [6, 6.07) is 5.03. The first-order chi connectivity index (χ1) is 6.61. The van der Waals surface area contributed by atoms with E-state index in [1.165, 1.54) is 6.07 Å². The lowest BCUT2D eigenvalue weighted by molar-refractivity contribution is 0.614. The summed E-state index contributed by atoms with van der Waals surface area (Å²) in [5, 5.41) is 3.17. The van der Waals surface area contributed by atoms with E-state index in [1.54, 1.807) is 6.07 Å². The lowest BCUT2D eigenvalue weighted by atomic mass is 10.2. The molecule has 0 aliphatic carbocycles. The third kappa shape index (κ3) is 3.24. The molecule has 0 aromatic heterocycles. The van der Waals surface area contributed by atoms with E-state index in [2.05, 4.69) is 27.8 Å². The second kappa shape index (κ2) is 5.27. The molecule has 1 nitrogen and oxygen atoms in total. The summed E-state index contributed by atoms with van der Waals surface area (Å²) < 4.78 is 13.6. The highest BCUT2D eigenvalue weighted by Gasteiger charge is 2.03. The Kier molecular flexibility index (Phi) is 4.29. The zero-order valence-electron chi connectivity index (χ0n) is 8.11. The van der Waals surface area contributed by atoms with Crippen LogP contribution in [0.1, 0.15) is 12.5 Å². The van der Waals surface area contributed by atoms with Gasteiger partial charge in [0, 0.05) is 13.1 Å². The molecule has 76 valence electrons. The van der Waals surface area contributed by atoms with Crippen molar-refractivity contribution in [1.29, 1.82) is 0 Å². The van der Waals surface area contributed by atoms with Gasteiger partial charge in [-0.15, -0.1) is 0 Å². The highest BCUT2D eigenvalue weighted by Crippen LogP contribution is 2.19. The van der Waals surface area contributed by atoms with Crippen LogP contribution in [0.15, 0.2) is 34.8 Å². The third-order valence-electron chi connectivity index (χ3n) is 1.77. The average molecular weight is 258 g/mol. The van der Waals surface area contributed by atoms with E-state index in [1.807, 2.05) is 13.0 Å². The molecule has 1 aromatic carbocycles. The van der Waals surface area contributed by atoms with Crippen LogP contribution in [0.5, 0.6) is 0 Å². The Hall–Kier alpha value is -0.670. The SMILES string of the molecule is C=C(C)CNCc1cccc(F)c1Br. The fourth-order valence-corrected chi connectivity index (χ4v) is 1.50. The van der Waals surface area contributed by atoms with Gasteiger partial charge >= 0.3 is 0 Å². The summed E-state index contributed by atoms with van der Waals surface area (Å²) in [6.07, 6.45) is 0. The Morgan fingerprint density at radius 1 is 1.57 bits per heavy atom. The van der Waals surface area contributed by atoms with Crippen LogP contribution in [0.3, 0.4) is 0 Å².